The van der Waals surface area contributed by atoms with Gasteiger partial charge >= 0.3 is 0 Å². The maximum absolute atomic E-state index is 10.7. The van der Waals surface area contributed by atoms with Gasteiger partial charge in [-0.25, -0.2) is 0 Å². The number of aliphatic hydroxyl groups is 1. The maximum Gasteiger partial charge on any atom is 0.281 e. The van der Waals surface area contributed by atoms with Gasteiger partial charge in [-0.1, -0.05) is 13.8 Å². The molecular weight excluding hydrogens is 182 g/mol. The monoisotopic (exact) mass is 197 g/mol. The number of rotatable bonds is 5. The summed E-state index contributed by atoms with van der Waals surface area (Å²) in [4.78, 5) is 0. The third-order valence-electron chi connectivity index (χ3n) is 1.38. The first-order valence-electron chi connectivity index (χ1n) is 3.70. The van der Waals surface area contributed by atoms with Crippen molar-refractivity contribution in [1.82, 2.24) is 5.32 Å². The molecule has 0 aliphatic rings. The second-order valence-electron chi connectivity index (χ2n) is 2.86. The fourth-order valence-corrected chi connectivity index (χ4v) is 1.91. The van der Waals surface area contributed by atoms with Crippen LogP contribution in [0.15, 0.2) is 0 Å². The number of aliphatic hydroxyl groups excluding tert-OH is 1. The van der Waals surface area contributed by atoms with Crippen molar-refractivity contribution in [3.8, 4) is 0 Å². The summed E-state index contributed by atoms with van der Waals surface area (Å²) in [5.74, 6) is -0.230. The lowest BCUT2D eigenvalue weighted by Crippen LogP contribution is -2.41. The Kier molecular flexibility index (Phi) is 4.69. The molecule has 0 aromatic carbocycles. The van der Waals surface area contributed by atoms with E-state index in [1.807, 2.05) is 0 Å². The summed E-state index contributed by atoms with van der Waals surface area (Å²) in [5, 5.41) is 9.95. The highest BCUT2D eigenvalue weighted by Gasteiger charge is 2.25. The van der Waals surface area contributed by atoms with Crippen LogP contribution in [0.4, 0.5) is 0 Å². The quantitative estimate of drug-likeness (QED) is 0.514. The van der Waals surface area contributed by atoms with E-state index in [1.54, 1.807) is 13.8 Å². The smallest absolute Gasteiger partial charge is 0.281 e. The van der Waals surface area contributed by atoms with Gasteiger partial charge in [-0.05, 0) is 5.92 Å². The van der Waals surface area contributed by atoms with Gasteiger partial charge in [-0.2, -0.15) is 8.42 Å². The van der Waals surface area contributed by atoms with Crippen LogP contribution in [0, 0.1) is 5.92 Å². The summed E-state index contributed by atoms with van der Waals surface area (Å²) in [5.41, 5.74) is 0. The van der Waals surface area contributed by atoms with E-state index < -0.39 is 15.5 Å². The molecule has 1 unspecified atom stereocenters. The number of hydrogen-bond donors (Lipinski definition) is 3. The third-order valence-corrected chi connectivity index (χ3v) is 2.74. The van der Waals surface area contributed by atoms with Gasteiger partial charge in [0.1, 0.15) is 5.37 Å². The maximum atomic E-state index is 10.7. The van der Waals surface area contributed by atoms with Crippen LogP contribution in [-0.4, -0.2) is 36.6 Å². The molecule has 74 valence electrons. The zero-order chi connectivity index (χ0) is 9.78. The Bertz CT molecular complexity index is 212. The van der Waals surface area contributed by atoms with Crippen LogP contribution in [0.3, 0.4) is 0 Å². The van der Waals surface area contributed by atoms with E-state index in [0.717, 1.165) is 0 Å². The standard InChI is InChI=1S/C6H15NO4S/c1-5(2)6(7-3-4-8)12(9,10)11/h5-8H,3-4H2,1-2H3,(H,9,10,11). The highest BCUT2D eigenvalue weighted by atomic mass is 32.2. The van der Waals surface area contributed by atoms with Gasteiger partial charge in [0, 0.05) is 6.54 Å². The molecule has 0 bridgehead atoms. The van der Waals surface area contributed by atoms with Crippen molar-refractivity contribution in [2.45, 2.75) is 19.2 Å². The van der Waals surface area contributed by atoms with Gasteiger partial charge in [0.2, 0.25) is 0 Å². The fraction of sp³-hybridized carbons (Fsp3) is 1.00. The molecule has 0 fully saturated rings. The lowest BCUT2D eigenvalue weighted by Gasteiger charge is -2.18. The fourth-order valence-electron chi connectivity index (χ4n) is 0.892. The summed E-state index contributed by atoms with van der Waals surface area (Å²) < 4.78 is 30.1. The highest BCUT2D eigenvalue weighted by Crippen LogP contribution is 2.06. The Balaban J connectivity index is 4.26. The molecule has 0 heterocycles. The van der Waals surface area contributed by atoms with Crippen molar-refractivity contribution in [3.63, 3.8) is 0 Å². The Labute approximate surface area is 72.5 Å². The summed E-state index contributed by atoms with van der Waals surface area (Å²) >= 11 is 0. The molecule has 0 saturated carbocycles. The normalized spacial score (nSPS) is 15.1. The minimum atomic E-state index is -4.06. The van der Waals surface area contributed by atoms with E-state index in [-0.39, 0.29) is 19.1 Å². The topological polar surface area (TPSA) is 86.6 Å². The Morgan fingerprint density at radius 2 is 1.92 bits per heavy atom. The van der Waals surface area contributed by atoms with E-state index in [0.29, 0.717) is 0 Å². The molecule has 12 heavy (non-hydrogen) atoms. The van der Waals surface area contributed by atoms with Gasteiger partial charge in [0.25, 0.3) is 10.1 Å². The SMILES string of the molecule is CC(C)C(NCCO)S(=O)(=O)O. The number of hydrogen-bond acceptors (Lipinski definition) is 4. The molecule has 0 spiro atoms. The largest absolute Gasteiger partial charge is 0.395 e. The molecule has 0 aromatic heterocycles. The molecule has 6 heteroatoms. The third kappa shape index (κ3) is 4.01. The Hall–Kier alpha value is -0.170. The molecule has 1 atom stereocenters. The van der Waals surface area contributed by atoms with E-state index in [9.17, 15) is 8.42 Å². The lowest BCUT2D eigenvalue weighted by molar-refractivity contribution is 0.283. The predicted molar refractivity (Wildman–Crippen MR) is 45.3 cm³/mol. The van der Waals surface area contributed by atoms with Crippen LogP contribution in [0.25, 0.3) is 0 Å². The van der Waals surface area contributed by atoms with Gasteiger partial charge in [-0.15, -0.1) is 0 Å². The second kappa shape index (κ2) is 4.76. The molecule has 0 amide bonds. The molecule has 5 nitrogen and oxygen atoms in total. The van der Waals surface area contributed by atoms with Crippen LogP contribution in [0.5, 0.6) is 0 Å². The molecule has 0 aliphatic carbocycles. The predicted octanol–water partition coefficient (Wildman–Crippen LogP) is -0.562. The summed E-state index contributed by atoms with van der Waals surface area (Å²) in [6.07, 6.45) is 0. The lowest BCUT2D eigenvalue weighted by atomic mass is 10.2. The zero-order valence-electron chi connectivity index (χ0n) is 7.19. The minimum Gasteiger partial charge on any atom is -0.395 e. The van der Waals surface area contributed by atoms with Crippen molar-refractivity contribution in [2.75, 3.05) is 13.2 Å². The minimum absolute atomic E-state index is 0.154. The van der Waals surface area contributed by atoms with Crippen LogP contribution >= 0.6 is 0 Å². The molecule has 3 N–H and O–H groups in total. The first-order chi connectivity index (χ1) is 5.39. The van der Waals surface area contributed by atoms with E-state index >= 15 is 0 Å². The van der Waals surface area contributed by atoms with Gasteiger partial charge in [0.05, 0.1) is 6.61 Å². The van der Waals surface area contributed by atoms with Crippen molar-refractivity contribution in [3.05, 3.63) is 0 Å². The first-order valence-corrected chi connectivity index (χ1v) is 5.20. The Morgan fingerprint density at radius 1 is 1.42 bits per heavy atom. The van der Waals surface area contributed by atoms with Crippen LogP contribution in [-0.2, 0) is 10.1 Å². The second-order valence-corrected chi connectivity index (χ2v) is 4.40. The highest BCUT2D eigenvalue weighted by molar-refractivity contribution is 7.86. The molecule has 0 radical (unpaired) electrons. The van der Waals surface area contributed by atoms with Crippen LogP contribution < -0.4 is 5.32 Å². The summed E-state index contributed by atoms with van der Waals surface area (Å²) in [6.45, 7) is 3.34. The van der Waals surface area contributed by atoms with Crippen molar-refractivity contribution >= 4 is 10.1 Å². The van der Waals surface area contributed by atoms with Crippen LogP contribution in [0.1, 0.15) is 13.8 Å². The van der Waals surface area contributed by atoms with Gasteiger partial charge in [0.15, 0.2) is 0 Å². The van der Waals surface area contributed by atoms with Crippen molar-refractivity contribution in [1.29, 1.82) is 0 Å². The van der Waals surface area contributed by atoms with E-state index in [1.165, 1.54) is 0 Å². The average Bonchev–Trinajstić information content (AvgIpc) is 1.84. The molecule has 0 aliphatic heterocycles. The summed E-state index contributed by atoms with van der Waals surface area (Å²) in [7, 11) is -4.06. The average molecular weight is 197 g/mol. The molecule has 0 saturated heterocycles. The first kappa shape index (κ1) is 11.8. The summed E-state index contributed by atoms with van der Waals surface area (Å²) in [6, 6.07) is 0. The Morgan fingerprint density at radius 3 is 2.17 bits per heavy atom. The van der Waals surface area contributed by atoms with Gasteiger partial charge in [-0.3, -0.25) is 9.87 Å². The van der Waals surface area contributed by atoms with E-state index in [4.69, 9.17) is 9.66 Å². The number of nitrogens with one attached hydrogen (secondary N) is 1. The van der Waals surface area contributed by atoms with Gasteiger partial charge < -0.3 is 5.11 Å². The molecule has 0 aromatic rings. The zero-order valence-corrected chi connectivity index (χ0v) is 8.00. The molecule has 0 rings (SSSR count). The van der Waals surface area contributed by atoms with Crippen molar-refractivity contribution < 1.29 is 18.1 Å². The van der Waals surface area contributed by atoms with E-state index in [2.05, 4.69) is 5.32 Å². The van der Waals surface area contributed by atoms with Crippen LogP contribution in [0.2, 0.25) is 0 Å². The molecular formula is C6H15NO4S. The van der Waals surface area contributed by atoms with Crippen molar-refractivity contribution in [2.24, 2.45) is 5.92 Å².